The number of hydrogen-bond donors (Lipinski definition) is 2. The first kappa shape index (κ1) is 25.2. The number of aliphatic imine (C=N–C) groups is 1. The molecule has 170 valence electrons. The monoisotopic (exact) mass is 540 g/mol. The van der Waals surface area contributed by atoms with Gasteiger partial charge in [-0.25, -0.2) is 0 Å². The molecule has 1 aliphatic heterocycles. The molecule has 0 bridgehead atoms. The maximum Gasteiger partial charge on any atom is 0.193 e. The van der Waals surface area contributed by atoms with E-state index in [1.807, 2.05) is 18.2 Å². The number of halogens is 1. The summed E-state index contributed by atoms with van der Waals surface area (Å²) in [4.78, 5) is 7.02. The fourth-order valence-corrected chi connectivity index (χ4v) is 3.57. The van der Waals surface area contributed by atoms with Crippen LogP contribution < -0.4 is 20.5 Å². The lowest BCUT2D eigenvalue weighted by Crippen LogP contribution is -2.40. The minimum Gasteiger partial charge on any atom is -0.493 e. The topological polar surface area (TPSA) is 81.3 Å². The lowest BCUT2D eigenvalue weighted by atomic mass is 10.0. The highest BCUT2D eigenvalue weighted by Crippen LogP contribution is 2.32. The Morgan fingerprint density at radius 1 is 1.06 bits per heavy atom. The fraction of sp³-hybridized carbons (Fsp3) is 0.435. The van der Waals surface area contributed by atoms with Gasteiger partial charge in [-0.1, -0.05) is 12.1 Å². The lowest BCUT2D eigenvalue weighted by Gasteiger charge is -2.34. The Bertz CT molecular complexity index is 885. The number of hydrogen-bond acceptors (Lipinski definition) is 5. The molecule has 2 aromatic carbocycles. The van der Waals surface area contributed by atoms with Crippen LogP contribution in [-0.4, -0.2) is 57.9 Å². The van der Waals surface area contributed by atoms with Crippen LogP contribution >= 0.6 is 24.0 Å². The molecule has 0 aromatic heterocycles. The maximum absolute atomic E-state index is 6.20. The molecule has 1 aliphatic rings. The van der Waals surface area contributed by atoms with E-state index in [1.54, 1.807) is 14.2 Å². The molecule has 0 spiro atoms. The van der Waals surface area contributed by atoms with Gasteiger partial charge in [-0.15, -0.1) is 24.0 Å². The summed E-state index contributed by atoms with van der Waals surface area (Å²) < 4.78 is 16.4. The van der Waals surface area contributed by atoms with Crippen molar-refractivity contribution in [2.75, 3.05) is 52.4 Å². The van der Waals surface area contributed by atoms with Crippen LogP contribution in [-0.2, 0) is 4.74 Å². The van der Waals surface area contributed by atoms with Crippen molar-refractivity contribution in [1.82, 2.24) is 4.90 Å². The van der Waals surface area contributed by atoms with E-state index in [9.17, 15) is 0 Å². The zero-order valence-electron chi connectivity index (χ0n) is 18.7. The first-order chi connectivity index (χ1) is 14.5. The molecule has 1 heterocycles. The van der Waals surface area contributed by atoms with Gasteiger partial charge in [-0.3, -0.25) is 9.89 Å². The zero-order chi connectivity index (χ0) is 21.5. The fourth-order valence-electron chi connectivity index (χ4n) is 3.57. The Morgan fingerprint density at radius 2 is 1.77 bits per heavy atom. The molecule has 1 fully saturated rings. The largest absolute Gasteiger partial charge is 0.493 e. The molecule has 1 unspecified atom stereocenters. The molecule has 0 aliphatic carbocycles. The normalized spacial score (nSPS) is 15.7. The second-order valence-corrected chi connectivity index (χ2v) is 7.43. The standard InChI is InChI=1S/C23H32N4O3.HI/c1-16-5-7-19(13-17(16)2)26-23(24)25-15-20(27-9-11-30-12-10-27)18-6-8-21(28-3)22(14-18)29-4;/h5-8,13-14,20H,9-12,15H2,1-4H3,(H3,24,25,26);1H. The van der Waals surface area contributed by atoms with E-state index in [-0.39, 0.29) is 30.0 Å². The third-order valence-corrected chi connectivity index (χ3v) is 5.49. The molecular weight excluding hydrogens is 507 g/mol. The van der Waals surface area contributed by atoms with Crippen molar-refractivity contribution >= 4 is 35.6 Å². The first-order valence-electron chi connectivity index (χ1n) is 10.2. The number of nitrogens with zero attached hydrogens (tertiary/aromatic N) is 2. The highest BCUT2D eigenvalue weighted by Gasteiger charge is 2.23. The molecule has 0 radical (unpaired) electrons. The van der Waals surface area contributed by atoms with Crippen molar-refractivity contribution in [1.29, 1.82) is 0 Å². The van der Waals surface area contributed by atoms with Gasteiger partial charge < -0.3 is 25.3 Å². The predicted molar refractivity (Wildman–Crippen MR) is 136 cm³/mol. The Labute approximate surface area is 202 Å². The smallest absolute Gasteiger partial charge is 0.193 e. The van der Waals surface area contributed by atoms with Crippen LogP contribution in [0.3, 0.4) is 0 Å². The van der Waals surface area contributed by atoms with Crippen LogP contribution in [0.15, 0.2) is 41.4 Å². The maximum atomic E-state index is 6.20. The van der Waals surface area contributed by atoms with E-state index in [0.29, 0.717) is 37.2 Å². The van der Waals surface area contributed by atoms with E-state index >= 15 is 0 Å². The Morgan fingerprint density at radius 3 is 2.42 bits per heavy atom. The van der Waals surface area contributed by atoms with Gasteiger partial charge >= 0.3 is 0 Å². The van der Waals surface area contributed by atoms with E-state index in [2.05, 4.69) is 47.3 Å². The molecular formula is C23H33IN4O3. The summed E-state index contributed by atoms with van der Waals surface area (Å²) in [6, 6.07) is 12.2. The molecule has 1 saturated heterocycles. The van der Waals surface area contributed by atoms with Crippen LogP contribution in [0.2, 0.25) is 0 Å². The van der Waals surface area contributed by atoms with Crippen LogP contribution in [0.5, 0.6) is 11.5 Å². The molecule has 0 amide bonds. The van der Waals surface area contributed by atoms with Gasteiger partial charge in [0.05, 0.1) is 40.0 Å². The van der Waals surface area contributed by atoms with Gasteiger partial charge in [0.2, 0.25) is 0 Å². The van der Waals surface area contributed by atoms with Crippen LogP contribution in [0.1, 0.15) is 22.7 Å². The average molecular weight is 540 g/mol. The summed E-state index contributed by atoms with van der Waals surface area (Å²) in [5.74, 6) is 1.82. The molecule has 3 rings (SSSR count). The van der Waals surface area contributed by atoms with Gasteiger partial charge in [-0.2, -0.15) is 0 Å². The van der Waals surface area contributed by atoms with Crippen LogP contribution in [0, 0.1) is 13.8 Å². The first-order valence-corrected chi connectivity index (χ1v) is 10.2. The number of rotatable bonds is 7. The summed E-state index contributed by atoms with van der Waals surface area (Å²) in [5.41, 5.74) is 10.7. The van der Waals surface area contributed by atoms with Gasteiger partial charge in [0.1, 0.15) is 0 Å². The van der Waals surface area contributed by atoms with Crippen molar-refractivity contribution in [3.05, 3.63) is 53.1 Å². The molecule has 3 N–H and O–H groups in total. The zero-order valence-corrected chi connectivity index (χ0v) is 21.0. The summed E-state index contributed by atoms with van der Waals surface area (Å²) in [5, 5.41) is 3.20. The molecule has 1 atom stereocenters. The number of nitrogens with one attached hydrogen (secondary N) is 1. The van der Waals surface area contributed by atoms with Crippen molar-refractivity contribution in [2.45, 2.75) is 19.9 Å². The third kappa shape index (κ3) is 6.72. The second kappa shape index (κ2) is 12.1. The minimum absolute atomic E-state index is 0. The number of methoxy groups -OCH3 is 2. The summed E-state index contributed by atoms with van der Waals surface area (Å²) in [6.07, 6.45) is 0. The molecule has 8 heteroatoms. The van der Waals surface area contributed by atoms with Crippen molar-refractivity contribution < 1.29 is 14.2 Å². The third-order valence-electron chi connectivity index (χ3n) is 5.49. The van der Waals surface area contributed by atoms with Gasteiger partial charge in [0.25, 0.3) is 0 Å². The van der Waals surface area contributed by atoms with Crippen molar-refractivity contribution in [3.8, 4) is 11.5 Å². The van der Waals surface area contributed by atoms with E-state index in [1.165, 1.54) is 11.1 Å². The molecule has 2 aromatic rings. The number of anilines is 1. The SMILES string of the molecule is COc1ccc(C(CN=C(N)Nc2ccc(C)c(C)c2)N2CCOCC2)cc1OC.I. The molecule has 0 saturated carbocycles. The molecule has 7 nitrogen and oxygen atoms in total. The lowest BCUT2D eigenvalue weighted by molar-refractivity contribution is 0.0179. The minimum atomic E-state index is 0. The number of benzene rings is 2. The predicted octanol–water partition coefficient (Wildman–Crippen LogP) is 3.74. The van der Waals surface area contributed by atoms with Gasteiger partial charge in [0, 0.05) is 18.8 Å². The highest BCUT2D eigenvalue weighted by atomic mass is 127. The van der Waals surface area contributed by atoms with Gasteiger partial charge in [-0.05, 0) is 54.8 Å². The van der Waals surface area contributed by atoms with E-state index in [0.717, 1.165) is 24.3 Å². The van der Waals surface area contributed by atoms with Crippen molar-refractivity contribution in [3.63, 3.8) is 0 Å². The summed E-state index contributed by atoms with van der Waals surface area (Å²) in [6.45, 7) is 7.82. The number of guanidine groups is 1. The number of morpholine rings is 1. The second-order valence-electron chi connectivity index (χ2n) is 7.43. The Kier molecular flexibility index (Phi) is 9.86. The highest BCUT2D eigenvalue weighted by molar-refractivity contribution is 14.0. The number of nitrogens with two attached hydrogens (primary N) is 1. The van der Waals surface area contributed by atoms with Crippen LogP contribution in [0.25, 0.3) is 0 Å². The summed E-state index contributed by atoms with van der Waals surface area (Å²) in [7, 11) is 3.29. The van der Waals surface area contributed by atoms with Crippen LogP contribution in [0.4, 0.5) is 5.69 Å². The average Bonchev–Trinajstić information content (AvgIpc) is 2.77. The molecule has 31 heavy (non-hydrogen) atoms. The number of ether oxygens (including phenoxy) is 3. The van der Waals surface area contributed by atoms with E-state index < -0.39 is 0 Å². The van der Waals surface area contributed by atoms with E-state index in [4.69, 9.17) is 19.9 Å². The van der Waals surface area contributed by atoms with Gasteiger partial charge in [0.15, 0.2) is 17.5 Å². The quantitative estimate of drug-likeness (QED) is 0.317. The Balaban J connectivity index is 0.00000341. The summed E-state index contributed by atoms with van der Waals surface area (Å²) >= 11 is 0. The van der Waals surface area contributed by atoms with Crippen molar-refractivity contribution in [2.24, 2.45) is 10.7 Å². The number of aryl methyl sites for hydroxylation is 2. The Hall–Kier alpha value is -2.04.